The van der Waals surface area contributed by atoms with Crippen molar-refractivity contribution in [2.45, 2.75) is 13.5 Å². The Hall–Kier alpha value is -1.75. The van der Waals surface area contributed by atoms with Crippen LogP contribution in [0, 0.1) is 0 Å². The van der Waals surface area contributed by atoms with Gasteiger partial charge in [-0.15, -0.1) is 0 Å². The maximum atomic E-state index is 11.6. The van der Waals surface area contributed by atoms with E-state index in [1.165, 1.54) is 5.69 Å². The first kappa shape index (κ1) is 13.7. The van der Waals surface area contributed by atoms with Crippen LogP contribution in [0.5, 0.6) is 0 Å². The zero-order chi connectivity index (χ0) is 13.7. The van der Waals surface area contributed by atoms with Crippen molar-refractivity contribution in [2.24, 2.45) is 5.73 Å². The van der Waals surface area contributed by atoms with Gasteiger partial charge in [0.1, 0.15) is 0 Å². The SMILES string of the molecule is CCOC(=O)N1CCN(c2ccc(CN)cc2)CC1. The molecule has 0 saturated carbocycles. The lowest BCUT2D eigenvalue weighted by Crippen LogP contribution is -2.49. The molecule has 1 aromatic carbocycles. The van der Waals surface area contributed by atoms with Gasteiger partial charge >= 0.3 is 6.09 Å². The molecular weight excluding hydrogens is 242 g/mol. The third-order valence-corrected chi connectivity index (χ3v) is 3.34. The van der Waals surface area contributed by atoms with Crippen LogP contribution in [-0.4, -0.2) is 43.8 Å². The number of carbonyl (C=O) groups is 1. The molecule has 0 radical (unpaired) electrons. The molecule has 0 bridgehead atoms. The normalized spacial score (nSPS) is 15.5. The van der Waals surface area contributed by atoms with Crippen LogP contribution in [0.2, 0.25) is 0 Å². The molecule has 2 rings (SSSR count). The Labute approximate surface area is 113 Å². The average Bonchev–Trinajstić information content (AvgIpc) is 2.48. The van der Waals surface area contributed by atoms with E-state index in [0.717, 1.165) is 18.7 Å². The van der Waals surface area contributed by atoms with Gasteiger partial charge in [0.2, 0.25) is 0 Å². The minimum absolute atomic E-state index is 0.208. The summed E-state index contributed by atoms with van der Waals surface area (Å²) in [6.07, 6.45) is -0.208. The lowest BCUT2D eigenvalue weighted by molar-refractivity contribution is 0.105. The summed E-state index contributed by atoms with van der Waals surface area (Å²) in [5, 5.41) is 0. The highest BCUT2D eigenvalue weighted by molar-refractivity contribution is 5.68. The van der Waals surface area contributed by atoms with Gasteiger partial charge < -0.3 is 20.3 Å². The van der Waals surface area contributed by atoms with Crippen LogP contribution in [0.15, 0.2) is 24.3 Å². The summed E-state index contributed by atoms with van der Waals surface area (Å²) in [7, 11) is 0. The Morgan fingerprint density at radius 2 is 1.84 bits per heavy atom. The maximum Gasteiger partial charge on any atom is 0.409 e. The molecule has 0 spiro atoms. The fourth-order valence-electron chi connectivity index (χ4n) is 2.20. The lowest BCUT2D eigenvalue weighted by Gasteiger charge is -2.35. The lowest BCUT2D eigenvalue weighted by atomic mass is 10.2. The van der Waals surface area contributed by atoms with Gasteiger partial charge in [-0.2, -0.15) is 0 Å². The van der Waals surface area contributed by atoms with Crippen LogP contribution in [-0.2, 0) is 11.3 Å². The summed E-state index contributed by atoms with van der Waals surface area (Å²) in [6, 6.07) is 8.27. The van der Waals surface area contributed by atoms with Crippen LogP contribution in [0.1, 0.15) is 12.5 Å². The van der Waals surface area contributed by atoms with Crippen molar-refractivity contribution < 1.29 is 9.53 Å². The summed E-state index contributed by atoms with van der Waals surface area (Å²) >= 11 is 0. The van der Waals surface area contributed by atoms with Gasteiger partial charge in [0, 0.05) is 38.4 Å². The molecule has 104 valence electrons. The quantitative estimate of drug-likeness (QED) is 0.896. The van der Waals surface area contributed by atoms with E-state index < -0.39 is 0 Å². The first-order valence-electron chi connectivity index (χ1n) is 6.70. The third-order valence-electron chi connectivity index (χ3n) is 3.34. The van der Waals surface area contributed by atoms with Gasteiger partial charge in [-0.3, -0.25) is 0 Å². The topological polar surface area (TPSA) is 58.8 Å². The van der Waals surface area contributed by atoms with Crippen molar-refractivity contribution in [3.05, 3.63) is 29.8 Å². The molecule has 0 atom stereocenters. The van der Waals surface area contributed by atoms with E-state index in [1.807, 2.05) is 19.1 Å². The third kappa shape index (κ3) is 3.38. The maximum absolute atomic E-state index is 11.6. The Balaban J connectivity index is 1.90. The number of nitrogens with two attached hydrogens (primary N) is 1. The summed E-state index contributed by atoms with van der Waals surface area (Å²) in [6.45, 7) is 5.90. The highest BCUT2D eigenvalue weighted by Crippen LogP contribution is 2.17. The van der Waals surface area contributed by atoms with Gasteiger partial charge in [-0.05, 0) is 24.6 Å². The fourth-order valence-corrected chi connectivity index (χ4v) is 2.20. The van der Waals surface area contributed by atoms with E-state index in [4.69, 9.17) is 10.5 Å². The van der Waals surface area contributed by atoms with Gasteiger partial charge in [0.25, 0.3) is 0 Å². The average molecular weight is 263 g/mol. The number of benzene rings is 1. The molecule has 1 heterocycles. The summed E-state index contributed by atoms with van der Waals surface area (Å²) in [5.41, 5.74) is 7.90. The van der Waals surface area contributed by atoms with Crippen molar-refractivity contribution >= 4 is 11.8 Å². The van der Waals surface area contributed by atoms with Crippen molar-refractivity contribution in [1.82, 2.24) is 4.90 Å². The molecule has 1 amide bonds. The Kier molecular flexibility index (Phi) is 4.63. The van der Waals surface area contributed by atoms with Crippen molar-refractivity contribution in [3.63, 3.8) is 0 Å². The van der Waals surface area contributed by atoms with Crippen molar-refractivity contribution in [2.75, 3.05) is 37.7 Å². The summed E-state index contributed by atoms with van der Waals surface area (Å²) in [5.74, 6) is 0. The van der Waals surface area contributed by atoms with Gasteiger partial charge in [-0.1, -0.05) is 12.1 Å². The number of piperazine rings is 1. The number of carbonyl (C=O) groups excluding carboxylic acids is 1. The molecule has 0 aliphatic carbocycles. The molecule has 1 aromatic rings. The number of amides is 1. The fraction of sp³-hybridized carbons (Fsp3) is 0.500. The van der Waals surface area contributed by atoms with E-state index in [1.54, 1.807) is 4.90 Å². The Morgan fingerprint density at radius 1 is 1.21 bits per heavy atom. The molecule has 0 unspecified atom stereocenters. The second-order valence-electron chi connectivity index (χ2n) is 4.54. The second-order valence-corrected chi connectivity index (χ2v) is 4.54. The van der Waals surface area contributed by atoms with Crippen molar-refractivity contribution in [3.8, 4) is 0 Å². The van der Waals surface area contributed by atoms with Crippen LogP contribution in [0.25, 0.3) is 0 Å². The molecular formula is C14H21N3O2. The van der Waals surface area contributed by atoms with E-state index in [-0.39, 0.29) is 6.09 Å². The van der Waals surface area contributed by atoms with Gasteiger partial charge in [0.05, 0.1) is 6.61 Å². The molecule has 0 aromatic heterocycles. The summed E-state index contributed by atoms with van der Waals surface area (Å²) in [4.78, 5) is 15.6. The molecule has 19 heavy (non-hydrogen) atoms. The zero-order valence-electron chi connectivity index (χ0n) is 11.3. The molecule has 1 aliphatic rings. The summed E-state index contributed by atoms with van der Waals surface area (Å²) < 4.78 is 5.01. The van der Waals surface area contributed by atoms with Crippen LogP contribution in [0.3, 0.4) is 0 Å². The zero-order valence-corrected chi connectivity index (χ0v) is 11.3. The number of ether oxygens (including phenoxy) is 1. The van der Waals surface area contributed by atoms with Crippen LogP contribution in [0.4, 0.5) is 10.5 Å². The predicted octanol–water partition coefficient (Wildman–Crippen LogP) is 1.42. The van der Waals surface area contributed by atoms with E-state index in [9.17, 15) is 4.79 Å². The van der Waals surface area contributed by atoms with Gasteiger partial charge in [-0.25, -0.2) is 4.79 Å². The number of rotatable bonds is 3. The minimum Gasteiger partial charge on any atom is -0.450 e. The molecule has 1 aliphatic heterocycles. The molecule has 2 N–H and O–H groups in total. The standard InChI is InChI=1S/C14H21N3O2/c1-2-19-14(18)17-9-7-16(8-10-17)13-5-3-12(11-15)4-6-13/h3-6H,2,7-11,15H2,1H3. The monoisotopic (exact) mass is 263 g/mol. The number of hydrogen-bond acceptors (Lipinski definition) is 4. The number of nitrogens with zero attached hydrogens (tertiary/aromatic N) is 2. The molecule has 1 saturated heterocycles. The van der Waals surface area contributed by atoms with E-state index >= 15 is 0 Å². The van der Waals surface area contributed by atoms with Crippen LogP contribution < -0.4 is 10.6 Å². The molecule has 5 heteroatoms. The van der Waals surface area contributed by atoms with Crippen molar-refractivity contribution in [1.29, 1.82) is 0 Å². The van der Waals surface area contributed by atoms with Crippen LogP contribution >= 0.6 is 0 Å². The second kappa shape index (κ2) is 6.43. The predicted molar refractivity (Wildman–Crippen MR) is 75.1 cm³/mol. The number of hydrogen-bond donors (Lipinski definition) is 1. The Bertz CT molecular complexity index is 411. The molecule has 1 fully saturated rings. The van der Waals surface area contributed by atoms with E-state index in [0.29, 0.717) is 26.2 Å². The highest BCUT2D eigenvalue weighted by Gasteiger charge is 2.21. The van der Waals surface area contributed by atoms with E-state index in [2.05, 4.69) is 17.0 Å². The molecule has 5 nitrogen and oxygen atoms in total. The smallest absolute Gasteiger partial charge is 0.409 e. The first-order chi connectivity index (χ1) is 9.24. The number of anilines is 1. The first-order valence-corrected chi connectivity index (χ1v) is 6.70. The Morgan fingerprint density at radius 3 is 2.37 bits per heavy atom. The largest absolute Gasteiger partial charge is 0.450 e. The minimum atomic E-state index is -0.208. The highest BCUT2D eigenvalue weighted by atomic mass is 16.6. The van der Waals surface area contributed by atoms with Gasteiger partial charge in [0.15, 0.2) is 0 Å².